The number of hydrogen-bond donors (Lipinski definition) is 0. The zero-order valence-electron chi connectivity index (χ0n) is 15.0. The molecule has 2 aromatic carbocycles. The molecule has 0 radical (unpaired) electrons. The molecule has 3 rings (SSSR count). The van der Waals surface area contributed by atoms with Gasteiger partial charge in [0.2, 0.25) is 21.6 Å². The third-order valence-electron chi connectivity index (χ3n) is 3.70. The van der Waals surface area contributed by atoms with Crippen LogP contribution in [0.15, 0.2) is 56.8 Å². The lowest BCUT2D eigenvalue weighted by molar-refractivity contribution is 0.285. The summed E-state index contributed by atoms with van der Waals surface area (Å²) in [6, 6.07) is 12.2. The number of nitrogens with zero attached hydrogens (tertiary/aromatic N) is 3. The van der Waals surface area contributed by atoms with Crippen molar-refractivity contribution in [1.82, 2.24) is 10.1 Å². The molecule has 3 aromatic rings. The molecule has 0 aliphatic rings. The molecule has 1 heterocycles. The fourth-order valence-corrected chi connectivity index (χ4v) is 4.25. The standard InChI is InChI=1S/C19H13Cl2N3O4S/c1-12-23-19(24-28-12)11-27-15-5-2-13(3-6-15)8-16(10-22)29(25,26)18-9-14(20)4-7-17(18)21/h2-9H,11H2,1H3/b16-8+. The van der Waals surface area contributed by atoms with E-state index in [2.05, 4.69) is 10.1 Å². The minimum atomic E-state index is -4.13. The van der Waals surface area contributed by atoms with Crippen molar-refractivity contribution in [2.24, 2.45) is 0 Å². The van der Waals surface area contributed by atoms with Gasteiger partial charge in [0.1, 0.15) is 16.7 Å². The van der Waals surface area contributed by atoms with Crippen LogP contribution in [-0.4, -0.2) is 18.6 Å². The summed E-state index contributed by atoms with van der Waals surface area (Å²) in [7, 11) is -4.13. The van der Waals surface area contributed by atoms with Crippen LogP contribution >= 0.6 is 23.2 Å². The lowest BCUT2D eigenvalue weighted by Gasteiger charge is -2.07. The summed E-state index contributed by atoms with van der Waals surface area (Å²) in [6.45, 7) is 1.80. The summed E-state index contributed by atoms with van der Waals surface area (Å²) in [5.41, 5.74) is 0.492. The first-order valence-corrected chi connectivity index (χ1v) is 10.4. The van der Waals surface area contributed by atoms with Gasteiger partial charge >= 0.3 is 0 Å². The second-order valence-electron chi connectivity index (χ2n) is 5.79. The third kappa shape index (κ3) is 4.95. The lowest BCUT2D eigenvalue weighted by Crippen LogP contribution is -2.04. The van der Waals surface area contributed by atoms with Crippen LogP contribution in [0.4, 0.5) is 0 Å². The number of aromatic nitrogens is 2. The van der Waals surface area contributed by atoms with E-state index in [1.807, 2.05) is 0 Å². The van der Waals surface area contributed by atoms with Crippen molar-refractivity contribution in [3.05, 3.63) is 74.7 Å². The second-order valence-corrected chi connectivity index (χ2v) is 8.52. The number of allylic oxidation sites excluding steroid dienone is 1. The summed E-state index contributed by atoms with van der Waals surface area (Å²) in [4.78, 5) is 3.34. The van der Waals surface area contributed by atoms with Crippen molar-refractivity contribution in [3.63, 3.8) is 0 Å². The Kier molecular flexibility index (Phi) is 6.23. The topological polar surface area (TPSA) is 106 Å². The minimum Gasteiger partial charge on any atom is -0.485 e. The van der Waals surface area contributed by atoms with Gasteiger partial charge in [0.25, 0.3) is 0 Å². The molecular formula is C19H13Cl2N3O4S. The van der Waals surface area contributed by atoms with E-state index in [0.29, 0.717) is 23.0 Å². The predicted molar refractivity (Wildman–Crippen MR) is 107 cm³/mol. The zero-order valence-corrected chi connectivity index (χ0v) is 17.3. The highest BCUT2D eigenvalue weighted by Crippen LogP contribution is 2.30. The molecule has 0 aliphatic carbocycles. The molecule has 0 unspecified atom stereocenters. The molecule has 7 nitrogen and oxygen atoms in total. The molecule has 0 saturated heterocycles. The summed E-state index contributed by atoms with van der Waals surface area (Å²) in [6.07, 6.45) is 1.25. The van der Waals surface area contributed by atoms with Gasteiger partial charge in [-0.2, -0.15) is 10.2 Å². The van der Waals surface area contributed by atoms with Gasteiger partial charge in [-0.05, 0) is 42.0 Å². The van der Waals surface area contributed by atoms with Crippen molar-refractivity contribution in [2.45, 2.75) is 18.4 Å². The predicted octanol–water partition coefficient (Wildman–Crippen LogP) is 4.60. The molecule has 0 atom stereocenters. The van der Waals surface area contributed by atoms with Crippen molar-refractivity contribution >= 4 is 39.1 Å². The monoisotopic (exact) mass is 449 g/mol. The van der Waals surface area contributed by atoms with Crippen LogP contribution in [0.5, 0.6) is 5.75 Å². The van der Waals surface area contributed by atoms with Gasteiger partial charge in [0.05, 0.1) is 9.92 Å². The molecule has 0 aliphatic heterocycles. The molecule has 148 valence electrons. The fraction of sp³-hybridized carbons (Fsp3) is 0.105. The van der Waals surface area contributed by atoms with Crippen LogP contribution in [0.3, 0.4) is 0 Å². The normalized spacial score (nSPS) is 11.9. The number of nitriles is 1. The van der Waals surface area contributed by atoms with Gasteiger partial charge in [-0.25, -0.2) is 8.42 Å². The van der Waals surface area contributed by atoms with Gasteiger partial charge < -0.3 is 9.26 Å². The lowest BCUT2D eigenvalue weighted by atomic mass is 10.2. The molecule has 29 heavy (non-hydrogen) atoms. The Morgan fingerprint density at radius 3 is 2.59 bits per heavy atom. The maximum atomic E-state index is 12.8. The van der Waals surface area contributed by atoms with Crippen LogP contribution in [0, 0.1) is 18.3 Å². The van der Waals surface area contributed by atoms with Gasteiger partial charge in [-0.3, -0.25) is 0 Å². The molecule has 0 spiro atoms. The van der Waals surface area contributed by atoms with E-state index in [1.54, 1.807) is 37.3 Å². The van der Waals surface area contributed by atoms with E-state index in [1.165, 1.54) is 24.3 Å². The van der Waals surface area contributed by atoms with E-state index >= 15 is 0 Å². The van der Waals surface area contributed by atoms with E-state index in [4.69, 9.17) is 32.5 Å². The largest absolute Gasteiger partial charge is 0.485 e. The van der Waals surface area contributed by atoms with Crippen molar-refractivity contribution < 1.29 is 17.7 Å². The molecule has 0 saturated carbocycles. The van der Waals surface area contributed by atoms with Crippen molar-refractivity contribution in [2.75, 3.05) is 0 Å². The number of hydrogen-bond acceptors (Lipinski definition) is 7. The highest BCUT2D eigenvalue weighted by molar-refractivity contribution is 7.95. The molecule has 0 N–H and O–H groups in total. The first-order valence-electron chi connectivity index (χ1n) is 8.13. The van der Waals surface area contributed by atoms with Crippen LogP contribution in [-0.2, 0) is 16.4 Å². The average Bonchev–Trinajstić information content (AvgIpc) is 3.12. The second kappa shape index (κ2) is 8.66. The Hall–Kier alpha value is -2.86. The average molecular weight is 450 g/mol. The van der Waals surface area contributed by atoms with E-state index < -0.39 is 14.7 Å². The van der Waals surface area contributed by atoms with Crippen molar-refractivity contribution in [1.29, 1.82) is 5.26 Å². The van der Waals surface area contributed by atoms with Gasteiger partial charge in [-0.15, -0.1) is 0 Å². The summed E-state index contributed by atoms with van der Waals surface area (Å²) in [5, 5.41) is 13.3. The molecule has 0 bridgehead atoms. The van der Waals surface area contributed by atoms with Crippen molar-refractivity contribution in [3.8, 4) is 11.8 Å². The molecule has 10 heteroatoms. The smallest absolute Gasteiger partial charge is 0.223 e. The first-order chi connectivity index (χ1) is 13.8. The highest BCUT2D eigenvalue weighted by Gasteiger charge is 2.24. The fourth-order valence-electron chi connectivity index (χ4n) is 2.33. The summed E-state index contributed by atoms with van der Waals surface area (Å²) in [5.74, 6) is 1.36. The van der Waals surface area contributed by atoms with Crippen LogP contribution in [0.2, 0.25) is 10.0 Å². The number of ether oxygens (including phenoxy) is 1. The Balaban J connectivity index is 1.82. The van der Waals surface area contributed by atoms with Crippen LogP contribution < -0.4 is 4.74 Å². The Morgan fingerprint density at radius 1 is 1.24 bits per heavy atom. The van der Waals surface area contributed by atoms with Crippen LogP contribution in [0.25, 0.3) is 6.08 Å². The number of rotatable bonds is 6. The molecule has 0 amide bonds. The molecular weight excluding hydrogens is 437 g/mol. The first kappa shape index (κ1) is 20.9. The van der Waals surface area contributed by atoms with E-state index in [0.717, 1.165) is 0 Å². The number of benzene rings is 2. The maximum Gasteiger partial charge on any atom is 0.223 e. The quantitative estimate of drug-likeness (QED) is 0.505. The minimum absolute atomic E-state index is 0.0176. The summed E-state index contributed by atoms with van der Waals surface area (Å²) < 4.78 is 36.0. The van der Waals surface area contributed by atoms with Crippen LogP contribution in [0.1, 0.15) is 17.3 Å². The summed E-state index contributed by atoms with van der Waals surface area (Å²) >= 11 is 11.9. The SMILES string of the molecule is Cc1nc(COc2ccc(/C=C(\C#N)S(=O)(=O)c3cc(Cl)ccc3Cl)cc2)no1. The Bertz CT molecular complexity index is 1210. The number of aryl methyl sites for hydroxylation is 1. The van der Waals surface area contributed by atoms with Gasteiger partial charge in [0, 0.05) is 11.9 Å². The Morgan fingerprint density at radius 2 is 1.97 bits per heavy atom. The molecule has 1 aromatic heterocycles. The number of halogens is 2. The maximum absolute atomic E-state index is 12.8. The third-order valence-corrected chi connectivity index (χ3v) is 6.08. The Labute approximate surface area is 177 Å². The van der Waals surface area contributed by atoms with E-state index in [-0.39, 0.29) is 21.5 Å². The molecule has 0 fully saturated rings. The van der Waals surface area contributed by atoms with Gasteiger partial charge in [-0.1, -0.05) is 40.5 Å². The number of sulfone groups is 1. The highest BCUT2D eigenvalue weighted by atomic mass is 35.5. The van der Waals surface area contributed by atoms with E-state index in [9.17, 15) is 13.7 Å². The van der Waals surface area contributed by atoms with Gasteiger partial charge in [0.15, 0.2) is 6.61 Å². The zero-order chi connectivity index (χ0) is 21.0.